The maximum Gasteiger partial charge on any atom is 0.236 e. The summed E-state index contributed by atoms with van der Waals surface area (Å²) in [4.78, 5) is 25.7. The van der Waals surface area contributed by atoms with Gasteiger partial charge >= 0.3 is 0 Å². The van der Waals surface area contributed by atoms with Gasteiger partial charge in [-0.25, -0.2) is 19.9 Å². The molecule has 8 aromatic heterocycles. The first-order valence-electron chi connectivity index (χ1n) is 31.5. The number of fused-ring (bicyclic) bond motifs is 28. The van der Waals surface area contributed by atoms with Crippen LogP contribution in [0.3, 0.4) is 0 Å². The highest BCUT2D eigenvalue weighted by Gasteiger charge is 2.26. The largest absolute Gasteiger partial charge is 0.354 e. The first-order chi connectivity index (χ1) is 47.1. The summed E-state index contributed by atoms with van der Waals surface area (Å²) in [7, 11) is 0. The van der Waals surface area contributed by atoms with E-state index in [4.69, 9.17) is 21.6 Å². The van der Waals surface area contributed by atoms with Crippen LogP contribution < -0.4 is 0 Å². The Morgan fingerprint density at radius 2 is 0.705 bits per heavy atom. The van der Waals surface area contributed by atoms with Crippen LogP contribution in [0.25, 0.3) is 196 Å². The molecule has 0 bridgehead atoms. The molecule has 0 spiro atoms. The molecule has 6 nitrogen and oxygen atoms in total. The number of aromatic amines is 1. The summed E-state index contributed by atoms with van der Waals surface area (Å²) in [5, 5.41) is 25.2. The second-order valence-corrected chi connectivity index (χ2v) is 28.5. The van der Waals surface area contributed by atoms with Crippen LogP contribution in [0.15, 0.2) is 279 Å². The van der Waals surface area contributed by atoms with Crippen molar-refractivity contribution in [1.82, 2.24) is 29.5 Å². The molecular weight excluding hydrogens is 1260 g/mol. The zero-order valence-corrected chi connectivity index (χ0v) is 54.3. The summed E-state index contributed by atoms with van der Waals surface area (Å²) >= 11 is 13.4. The lowest BCUT2D eigenvalue weighted by Crippen LogP contribution is -2.03. The molecular formula is C84H47ClN6S4. The van der Waals surface area contributed by atoms with Gasteiger partial charge in [-0.1, -0.05) is 243 Å². The molecule has 0 aliphatic heterocycles. The number of thiophene rings is 4. The molecule has 11 heteroatoms. The van der Waals surface area contributed by atoms with Crippen molar-refractivity contribution in [3.63, 3.8) is 0 Å². The smallest absolute Gasteiger partial charge is 0.236 e. The van der Waals surface area contributed by atoms with Gasteiger partial charge in [0.05, 0.1) is 27.9 Å². The van der Waals surface area contributed by atoms with Crippen molar-refractivity contribution in [3.8, 4) is 28.5 Å². The fourth-order valence-electron chi connectivity index (χ4n) is 14.9. The van der Waals surface area contributed by atoms with Crippen molar-refractivity contribution in [2.75, 3.05) is 0 Å². The fraction of sp³-hybridized carbons (Fsp3) is 0. The lowest BCUT2D eigenvalue weighted by Gasteiger charge is -2.13. The minimum atomic E-state index is 0.289. The van der Waals surface area contributed by atoms with Gasteiger partial charge in [0.25, 0.3) is 0 Å². The minimum absolute atomic E-state index is 0.289. The van der Waals surface area contributed by atoms with Crippen molar-refractivity contribution in [3.05, 3.63) is 284 Å². The zero-order valence-electron chi connectivity index (χ0n) is 50.3. The number of benzene rings is 14. The van der Waals surface area contributed by atoms with E-state index in [-0.39, 0.29) is 5.28 Å². The second kappa shape index (κ2) is 21.6. The Bertz CT molecular complexity index is 6960. The van der Waals surface area contributed by atoms with E-state index in [0.717, 1.165) is 48.5 Å². The summed E-state index contributed by atoms with van der Waals surface area (Å²) in [6, 6.07) is 99.3. The van der Waals surface area contributed by atoms with E-state index in [1.165, 1.54) is 142 Å². The van der Waals surface area contributed by atoms with Crippen LogP contribution >= 0.6 is 56.9 Å². The van der Waals surface area contributed by atoms with E-state index in [1.54, 1.807) is 22.7 Å². The second-order valence-electron chi connectivity index (χ2n) is 24.0. The Morgan fingerprint density at radius 1 is 0.295 bits per heavy atom. The standard InChI is InChI=1S/C42H23N3S2.C22H13NS.C20H11ClN2S/c1-2-14-25-24(12-1)13-11-20-27(25)38-36-30-18-6-10-23-34(30)47-41(36)44-42(43-38)45-32-21-8-5-17-29(32)35-26-15-3-4-16-28(26)40-37(39(35)45)31-19-7-9-22-33(31)46-40;1-2-8-14-13(7-1)19-15-9-3-5-11-17(15)23-21(19)20-16-10-4-6-12-18(16)24-22(14)20;21-20-22-18(14-10-5-7-12-6-1-2-8-13(12)14)17-15-9-3-4-11-16(15)24-19(17)23-20/h1-23H;1-12,23H;1-11H. The number of nitrogens with zero attached hydrogens (tertiary/aromatic N) is 5. The predicted octanol–water partition coefficient (Wildman–Crippen LogP) is 25.4. The highest BCUT2D eigenvalue weighted by molar-refractivity contribution is 7.27. The molecule has 0 saturated heterocycles. The van der Waals surface area contributed by atoms with Crippen LogP contribution in [0.1, 0.15) is 0 Å². The van der Waals surface area contributed by atoms with Crippen LogP contribution in [-0.2, 0) is 0 Å². The van der Waals surface area contributed by atoms with Gasteiger partial charge in [0, 0.05) is 120 Å². The molecule has 22 rings (SSSR count). The Labute approximate surface area is 562 Å². The molecule has 0 radical (unpaired) electrons. The van der Waals surface area contributed by atoms with Crippen LogP contribution in [0.4, 0.5) is 0 Å². The van der Waals surface area contributed by atoms with Crippen molar-refractivity contribution in [1.29, 1.82) is 0 Å². The highest BCUT2D eigenvalue weighted by atomic mass is 35.5. The molecule has 0 unspecified atom stereocenters. The number of para-hydroxylation sites is 2. The Morgan fingerprint density at radius 3 is 1.29 bits per heavy atom. The molecule has 8 heterocycles. The molecule has 1 N–H and O–H groups in total. The Kier molecular flexibility index (Phi) is 12.4. The molecule has 0 saturated carbocycles. The molecule has 14 aromatic carbocycles. The molecule has 0 fully saturated rings. The fourth-order valence-corrected chi connectivity index (χ4v) is 19.7. The van der Waals surface area contributed by atoms with Crippen molar-refractivity contribution < 1.29 is 0 Å². The van der Waals surface area contributed by atoms with Gasteiger partial charge in [-0.3, -0.25) is 4.57 Å². The van der Waals surface area contributed by atoms with E-state index in [0.29, 0.717) is 5.95 Å². The van der Waals surface area contributed by atoms with Gasteiger partial charge in [-0.2, -0.15) is 0 Å². The van der Waals surface area contributed by atoms with Crippen LogP contribution in [0.5, 0.6) is 0 Å². The molecule has 0 atom stereocenters. The number of halogens is 1. The Hall–Kier alpha value is -11.0. The summed E-state index contributed by atoms with van der Waals surface area (Å²) in [6.07, 6.45) is 0. The van der Waals surface area contributed by atoms with Gasteiger partial charge in [0.2, 0.25) is 11.2 Å². The quantitative estimate of drug-likeness (QED) is 0.179. The van der Waals surface area contributed by atoms with E-state index in [1.807, 2.05) is 28.7 Å². The number of aromatic nitrogens is 6. The summed E-state index contributed by atoms with van der Waals surface area (Å²) in [5.74, 6) is 0.699. The molecule has 95 heavy (non-hydrogen) atoms. The first kappa shape index (κ1) is 54.6. The van der Waals surface area contributed by atoms with Gasteiger partial charge in [-0.15, -0.1) is 45.3 Å². The van der Waals surface area contributed by atoms with Crippen LogP contribution in [0.2, 0.25) is 5.28 Å². The summed E-state index contributed by atoms with van der Waals surface area (Å²) in [6.45, 7) is 0. The molecule has 444 valence electrons. The van der Waals surface area contributed by atoms with Crippen LogP contribution in [0, 0.1) is 0 Å². The molecule has 22 aromatic rings. The summed E-state index contributed by atoms with van der Waals surface area (Å²) in [5.41, 5.74) is 8.84. The topological polar surface area (TPSA) is 72.3 Å². The van der Waals surface area contributed by atoms with Gasteiger partial charge in [0.15, 0.2) is 0 Å². The SMILES string of the molecule is Clc1nc(-c2cccc3ccccc23)c2c(n1)sc1ccccc12.c1ccc2c(-c3nc(-n4c5ccccc5c5c6ccccc6c6sc7ccccc7c6c54)nc4sc5ccccc5c34)cccc2c1.c1ccc2c(c1)[nH]c1c2c2ccccc2c2sc3ccccc3c12. The molecule has 0 aliphatic rings. The predicted molar refractivity (Wildman–Crippen MR) is 412 cm³/mol. The molecule has 0 aliphatic carbocycles. The number of hydrogen-bond acceptors (Lipinski definition) is 8. The van der Waals surface area contributed by atoms with Crippen molar-refractivity contribution in [2.24, 2.45) is 0 Å². The molecule has 0 amide bonds. The maximum absolute atomic E-state index is 6.24. The number of nitrogens with one attached hydrogen (secondary N) is 1. The van der Waals surface area contributed by atoms with Gasteiger partial charge in [-0.05, 0) is 80.3 Å². The van der Waals surface area contributed by atoms with E-state index in [9.17, 15) is 0 Å². The number of rotatable bonds is 3. The van der Waals surface area contributed by atoms with E-state index >= 15 is 0 Å². The minimum Gasteiger partial charge on any atom is -0.354 e. The lowest BCUT2D eigenvalue weighted by molar-refractivity contribution is 1.02. The average molecular weight is 1300 g/mol. The first-order valence-corrected chi connectivity index (χ1v) is 35.2. The third-order valence-electron chi connectivity index (χ3n) is 18.9. The monoisotopic (exact) mass is 1300 g/mol. The summed E-state index contributed by atoms with van der Waals surface area (Å²) < 4.78 is 10.1. The van der Waals surface area contributed by atoms with Gasteiger partial charge in [0.1, 0.15) is 9.66 Å². The highest BCUT2D eigenvalue weighted by Crippen LogP contribution is 2.50. The number of hydrogen-bond donors (Lipinski definition) is 1. The van der Waals surface area contributed by atoms with E-state index in [2.05, 4.69) is 293 Å². The third-order valence-corrected chi connectivity index (χ3v) is 23.6. The van der Waals surface area contributed by atoms with Crippen molar-refractivity contribution >= 4 is 225 Å². The maximum atomic E-state index is 6.24. The Balaban J connectivity index is 0.000000108. The van der Waals surface area contributed by atoms with E-state index < -0.39 is 0 Å². The van der Waals surface area contributed by atoms with Gasteiger partial charge < -0.3 is 4.98 Å². The normalized spacial score (nSPS) is 12.1. The third kappa shape index (κ3) is 8.39. The van der Waals surface area contributed by atoms with Crippen molar-refractivity contribution in [2.45, 2.75) is 0 Å². The van der Waals surface area contributed by atoms with Crippen LogP contribution in [-0.4, -0.2) is 29.5 Å². The zero-order chi connectivity index (χ0) is 62.4. The average Bonchev–Trinajstić information content (AvgIpc) is 1.54. The number of H-pyrrole nitrogens is 1. The lowest BCUT2D eigenvalue weighted by atomic mass is 9.99.